The Hall–Kier alpha value is -1.49. The third-order valence-electron chi connectivity index (χ3n) is 4.86. The van der Waals surface area contributed by atoms with Crippen molar-refractivity contribution < 1.29 is 14.7 Å². The van der Waals surface area contributed by atoms with Crippen molar-refractivity contribution in [1.29, 1.82) is 0 Å². The zero-order chi connectivity index (χ0) is 15.0. The lowest BCUT2D eigenvalue weighted by atomic mass is 9.78. The first kappa shape index (κ1) is 14.4. The van der Waals surface area contributed by atoms with Crippen molar-refractivity contribution in [2.45, 2.75) is 24.2 Å². The molecule has 21 heavy (non-hydrogen) atoms. The van der Waals surface area contributed by atoms with Gasteiger partial charge in [0.2, 0.25) is 5.91 Å². The first-order chi connectivity index (χ1) is 10.1. The van der Waals surface area contributed by atoms with Crippen molar-refractivity contribution in [1.82, 2.24) is 0 Å². The minimum absolute atomic E-state index is 0.117. The van der Waals surface area contributed by atoms with Crippen molar-refractivity contribution in [3.05, 3.63) is 24.3 Å². The maximum absolute atomic E-state index is 12.6. The van der Waals surface area contributed by atoms with Crippen LogP contribution in [0.1, 0.15) is 19.3 Å². The first-order valence-electron chi connectivity index (χ1n) is 7.26. The number of anilines is 1. The summed E-state index contributed by atoms with van der Waals surface area (Å²) < 4.78 is 0. The van der Waals surface area contributed by atoms with Gasteiger partial charge >= 0.3 is 0 Å². The van der Waals surface area contributed by atoms with Crippen LogP contribution in [0.15, 0.2) is 29.2 Å². The standard InChI is InChI=1S/C16H19NO3S/c1-21-12-5-3-2-4-11(12)17-15(18)13-9-6-7-10(8-9)14(13)16(19)20/h2-5,9-10,13-14H,6-8H2,1H3,(H,17,18)(H,19,20)/p-1/t9-,10-,13-,14-/m0/s1. The number of hydrogen-bond donors (Lipinski definition) is 1. The molecule has 0 radical (unpaired) electrons. The second-order valence-corrected chi connectivity index (χ2v) is 6.74. The van der Waals surface area contributed by atoms with Gasteiger partial charge < -0.3 is 15.2 Å². The van der Waals surface area contributed by atoms with Crippen molar-refractivity contribution in [2.24, 2.45) is 23.7 Å². The number of amides is 1. The molecule has 2 aliphatic carbocycles. The number of thioether (sulfide) groups is 1. The predicted octanol–water partition coefficient (Wildman–Crippen LogP) is 1.76. The fourth-order valence-corrected chi connectivity index (χ4v) is 4.53. The van der Waals surface area contributed by atoms with Crippen LogP contribution in [-0.4, -0.2) is 18.1 Å². The Labute approximate surface area is 128 Å². The average Bonchev–Trinajstić information content (AvgIpc) is 3.08. The monoisotopic (exact) mass is 304 g/mol. The molecular formula is C16H18NO3S-. The Morgan fingerprint density at radius 2 is 1.86 bits per heavy atom. The molecule has 0 aromatic heterocycles. The van der Waals surface area contributed by atoms with Crippen LogP contribution in [0.2, 0.25) is 0 Å². The van der Waals surface area contributed by atoms with E-state index in [0.717, 1.165) is 29.8 Å². The van der Waals surface area contributed by atoms with Crippen LogP contribution in [0.25, 0.3) is 0 Å². The van der Waals surface area contributed by atoms with E-state index in [1.54, 1.807) is 11.8 Å². The Morgan fingerprint density at radius 1 is 1.19 bits per heavy atom. The molecule has 0 aliphatic heterocycles. The molecule has 4 nitrogen and oxygen atoms in total. The van der Waals surface area contributed by atoms with Crippen molar-refractivity contribution in [3.8, 4) is 0 Å². The second kappa shape index (κ2) is 5.72. The molecule has 0 heterocycles. The largest absolute Gasteiger partial charge is 0.550 e. The molecule has 4 atom stereocenters. The summed E-state index contributed by atoms with van der Waals surface area (Å²) in [5.41, 5.74) is 0.759. The van der Waals surface area contributed by atoms with Gasteiger partial charge in [0, 0.05) is 22.7 Å². The van der Waals surface area contributed by atoms with Crippen LogP contribution in [0.4, 0.5) is 5.69 Å². The van der Waals surface area contributed by atoms with Crippen molar-refractivity contribution in [3.63, 3.8) is 0 Å². The van der Waals surface area contributed by atoms with E-state index in [1.807, 2.05) is 30.5 Å². The number of nitrogens with one attached hydrogen (secondary N) is 1. The van der Waals surface area contributed by atoms with Crippen LogP contribution in [0.3, 0.4) is 0 Å². The van der Waals surface area contributed by atoms with E-state index < -0.39 is 17.8 Å². The highest BCUT2D eigenvalue weighted by atomic mass is 32.2. The van der Waals surface area contributed by atoms with E-state index >= 15 is 0 Å². The number of hydrogen-bond acceptors (Lipinski definition) is 4. The fraction of sp³-hybridized carbons (Fsp3) is 0.500. The Morgan fingerprint density at radius 3 is 2.52 bits per heavy atom. The van der Waals surface area contributed by atoms with Crippen LogP contribution in [-0.2, 0) is 9.59 Å². The third kappa shape index (κ3) is 2.55. The molecule has 2 aliphatic rings. The number of benzene rings is 1. The number of carbonyl (C=O) groups excluding carboxylic acids is 2. The molecule has 3 rings (SSSR count). The second-order valence-electron chi connectivity index (χ2n) is 5.89. The number of fused-ring (bicyclic) bond motifs is 2. The molecule has 0 unspecified atom stereocenters. The van der Waals surface area contributed by atoms with Gasteiger partial charge in [-0.25, -0.2) is 0 Å². The summed E-state index contributed by atoms with van der Waals surface area (Å²) in [4.78, 5) is 24.9. The van der Waals surface area contributed by atoms with E-state index in [9.17, 15) is 14.7 Å². The topological polar surface area (TPSA) is 69.2 Å². The number of carbonyl (C=O) groups is 2. The Balaban J connectivity index is 1.80. The van der Waals surface area contributed by atoms with Gasteiger partial charge in [-0.2, -0.15) is 0 Å². The first-order valence-corrected chi connectivity index (χ1v) is 8.49. The Bertz CT molecular complexity index is 574. The molecule has 1 N–H and O–H groups in total. The molecule has 2 bridgehead atoms. The van der Waals surface area contributed by atoms with Crippen molar-refractivity contribution in [2.75, 3.05) is 11.6 Å². The summed E-state index contributed by atoms with van der Waals surface area (Å²) in [6, 6.07) is 7.58. The molecule has 0 spiro atoms. The molecule has 5 heteroatoms. The molecular weight excluding hydrogens is 286 g/mol. The minimum atomic E-state index is -1.07. The van der Waals surface area contributed by atoms with Gasteiger partial charge in [0.25, 0.3) is 0 Å². The van der Waals surface area contributed by atoms with Crippen molar-refractivity contribution >= 4 is 29.3 Å². The lowest BCUT2D eigenvalue weighted by Gasteiger charge is -2.30. The number of carboxylic acid groups (broad SMARTS) is 1. The molecule has 1 aromatic rings. The SMILES string of the molecule is CSc1ccccc1NC(=O)[C@H]1[C@H]2CC[C@@H](C2)[C@@H]1C(=O)[O-]. The van der Waals surface area contributed by atoms with E-state index in [1.165, 1.54) is 0 Å². The zero-order valence-corrected chi connectivity index (χ0v) is 12.7. The zero-order valence-electron chi connectivity index (χ0n) is 11.9. The maximum atomic E-state index is 12.6. The van der Waals surface area contributed by atoms with Gasteiger partial charge in [-0.1, -0.05) is 12.1 Å². The fourth-order valence-electron chi connectivity index (χ4n) is 3.97. The summed E-state index contributed by atoms with van der Waals surface area (Å²) in [7, 11) is 0. The Kier molecular flexibility index (Phi) is 3.93. The lowest BCUT2D eigenvalue weighted by Crippen LogP contribution is -2.44. The van der Waals surface area contributed by atoms with E-state index in [2.05, 4.69) is 5.32 Å². The number of para-hydroxylation sites is 1. The number of aliphatic carboxylic acids is 1. The van der Waals surface area contributed by atoms with Crippen LogP contribution < -0.4 is 10.4 Å². The van der Waals surface area contributed by atoms with Crippen LogP contribution in [0.5, 0.6) is 0 Å². The van der Waals surface area contributed by atoms with E-state index in [0.29, 0.717) is 0 Å². The summed E-state index contributed by atoms with van der Waals surface area (Å²) in [5.74, 6) is -1.99. The maximum Gasteiger partial charge on any atom is 0.228 e. The highest BCUT2D eigenvalue weighted by Gasteiger charge is 2.51. The lowest BCUT2D eigenvalue weighted by molar-refractivity contribution is -0.314. The highest BCUT2D eigenvalue weighted by Crippen LogP contribution is 2.52. The van der Waals surface area contributed by atoms with Gasteiger partial charge in [0.15, 0.2) is 0 Å². The highest BCUT2D eigenvalue weighted by molar-refractivity contribution is 7.98. The molecule has 0 saturated heterocycles. The molecule has 112 valence electrons. The van der Waals surface area contributed by atoms with E-state index in [4.69, 9.17) is 0 Å². The molecule has 2 saturated carbocycles. The van der Waals surface area contributed by atoms with Gasteiger partial charge in [0.1, 0.15) is 0 Å². The molecule has 2 fully saturated rings. The molecule has 1 amide bonds. The normalized spacial score (nSPS) is 30.3. The van der Waals surface area contributed by atoms with Crippen LogP contribution in [0, 0.1) is 23.7 Å². The van der Waals surface area contributed by atoms with Gasteiger partial charge in [0.05, 0.1) is 5.69 Å². The summed E-state index contributed by atoms with van der Waals surface area (Å²) in [5, 5.41) is 14.3. The smallest absolute Gasteiger partial charge is 0.228 e. The van der Waals surface area contributed by atoms with Gasteiger partial charge in [-0.15, -0.1) is 11.8 Å². The van der Waals surface area contributed by atoms with Gasteiger partial charge in [-0.3, -0.25) is 4.79 Å². The van der Waals surface area contributed by atoms with Gasteiger partial charge in [-0.05, 0) is 49.5 Å². The minimum Gasteiger partial charge on any atom is -0.550 e. The number of rotatable bonds is 4. The molecule has 1 aromatic carbocycles. The predicted molar refractivity (Wildman–Crippen MR) is 79.7 cm³/mol. The quantitative estimate of drug-likeness (QED) is 0.861. The summed E-state index contributed by atoms with van der Waals surface area (Å²) in [6.45, 7) is 0. The van der Waals surface area contributed by atoms with Crippen LogP contribution >= 0.6 is 11.8 Å². The third-order valence-corrected chi connectivity index (χ3v) is 5.65. The number of carboxylic acids is 1. The van der Waals surface area contributed by atoms with E-state index in [-0.39, 0.29) is 17.7 Å². The summed E-state index contributed by atoms with van der Waals surface area (Å²) in [6.07, 6.45) is 4.67. The summed E-state index contributed by atoms with van der Waals surface area (Å²) >= 11 is 1.56. The average molecular weight is 304 g/mol.